The highest BCUT2D eigenvalue weighted by atomic mass is 35.5. The number of nitrogens with zero attached hydrogens (tertiary/aromatic N) is 2. The van der Waals surface area contributed by atoms with Gasteiger partial charge in [-0.05, 0) is 49.2 Å². The summed E-state index contributed by atoms with van der Waals surface area (Å²) < 4.78 is 5.28. The van der Waals surface area contributed by atoms with Crippen LogP contribution in [0.1, 0.15) is 12.0 Å². The molecule has 0 unspecified atom stereocenters. The Kier molecular flexibility index (Phi) is 5.13. The molecule has 0 spiro atoms. The Labute approximate surface area is 136 Å². The first kappa shape index (κ1) is 15.5. The number of rotatable bonds is 5. The topological polar surface area (TPSA) is 37.4 Å². The highest BCUT2D eigenvalue weighted by Crippen LogP contribution is 2.25. The van der Waals surface area contributed by atoms with Crippen LogP contribution in [0.4, 0.5) is 0 Å². The predicted octanol–water partition coefficient (Wildman–Crippen LogP) is 2.73. The lowest BCUT2D eigenvalue weighted by atomic mass is 10.1. The number of ether oxygens (including phenoxy) is 1. The Balaban J connectivity index is 1.68. The molecule has 0 saturated carbocycles. The Hall–Kier alpha value is -1.36. The number of methoxy groups -OCH3 is 1. The molecule has 22 heavy (non-hydrogen) atoms. The van der Waals surface area contributed by atoms with Crippen LogP contribution in [0.5, 0.6) is 5.75 Å². The minimum Gasteiger partial charge on any atom is -0.497 e. The Bertz CT molecular complexity index is 641. The number of aryl methyl sites for hydroxylation is 1. The van der Waals surface area contributed by atoms with E-state index in [1.54, 1.807) is 7.11 Å². The highest BCUT2D eigenvalue weighted by molar-refractivity contribution is 6.30. The zero-order valence-corrected chi connectivity index (χ0v) is 13.7. The number of hydrogen-bond donors (Lipinski definition) is 1. The maximum Gasteiger partial charge on any atom is 0.132 e. The van der Waals surface area contributed by atoms with Gasteiger partial charge in [-0.3, -0.25) is 0 Å². The fourth-order valence-electron chi connectivity index (χ4n) is 2.90. The van der Waals surface area contributed by atoms with Crippen LogP contribution < -0.4 is 10.1 Å². The third-order valence-electron chi connectivity index (χ3n) is 4.18. The number of aromatic nitrogens is 1. The molecule has 0 amide bonds. The average Bonchev–Trinajstić information content (AvgIpc) is 2.56. The molecule has 0 radical (unpaired) electrons. The third-order valence-corrected chi connectivity index (χ3v) is 4.51. The molecular formula is C17H22ClN3O. The number of benzene rings is 1. The van der Waals surface area contributed by atoms with Gasteiger partial charge in [0, 0.05) is 31.6 Å². The molecule has 0 aliphatic carbocycles. The van der Waals surface area contributed by atoms with Crippen molar-refractivity contribution in [1.29, 1.82) is 0 Å². The van der Waals surface area contributed by atoms with Gasteiger partial charge >= 0.3 is 0 Å². The number of fused-ring (bicyclic) bond motifs is 1. The van der Waals surface area contributed by atoms with Crippen molar-refractivity contribution in [2.75, 3.05) is 39.8 Å². The van der Waals surface area contributed by atoms with E-state index in [2.05, 4.69) is 21.3 Å². The van der Waals surface area contributed by atoms with Gasteiger partial charge in [0.1, 0.15) is 10.9 Å². The molecular weight excluding hydrogens is 298 g/mol. The number of halogens is 1. The summed E-state index contributed by atoms with van der Waals surface area (Å²) in [6.45, 7) is 5.59. The van der Waals surface area contributed by atoms with Crippen LogP contribution in [0.15, 0.2) is 24.3 Å². The molecule has 1 fully saturated rings. The van der Waals surface area contributed by atoms with Crippen molar-refractivity contribution in [3.8, 4) is 5.75 Å². The third kappa shape index (κ3) is 3.69. The zero-order valence-electron chi connectivity index (χ0n) is 12.9. The van der Waals surface area contributed by atoms with Crippen molar-refractivity contribution >= 4 is 22.5 Å². The van der Waals surface area contributed by atoms with E-state index < -0.39 is 0 Å². The zero-order chi connectivity index (χ0) is 15.4. The maximum atomic E-state index is 6.33. The van der Waals surface area contributed by atoms with Gasteiger partial charge in [-0.1, -0.05) is 11.6 Å². The van der Waals surface area contributed by atoms with Crippen molar-refractivity contribution in [2.24, 2.45) is 0 Å². The fourth-order valence-corrected chi connectivity index (χ4v) is 3.15. The molecule has 1 saturated heterocycles. The van der Waals surface area contributed by atoms with E-state index in [4.69, 9.17) is 16.3 Å². The van der Waals surface area contributed by atoms with Crippen LogP contribution in [0.25, 0.3) is 10.9 Å². The van der Waals surface area contributed by atoms with Crippen LogP contribution in [0, 0.1) is 0 Å². The lowest BCUT2D eigenvalue weighted by Crippen LogP contribution is -2.43. The normalized spacial score (nSPS) is 16.1. The number of hydrogen-bond acceptors (Lipinski definition) is 4. The molecule has 0 bridgehead atoms. The van der Waals surface area contributed by atoms with E-state index in [1.807, 2.05) is 18.2 Å². The van der Waals surface area contributed by atoms with Gasteiger partial charge < -0.3 is 15.0 Å². The van der Waals surface area contributed by atoms with Gasteiger partial charge in [0.15, 0.2) is 0 Å². The molecule has 1 aromatic carbocycles. The molecule has 1 aliphatic rings. The summed E-state index contributed by atoms with van der Waals surface area (Å²) >= 11 is 6.33. The van der Waals surface area contributed by atoms with Crippen molar-refractivity contribution in [1.82, 2.24) is 15.2 Å². The second kappa shape index (κ2) is 7.27. The van der Waals surface area contributed by atoms with E-state index in [0.717, 1.165) is 67.8 Å². The summed E-state index contributed by atoms with van der Waals surface area (Å²) in [5.74, 6) is 0.850. The number of nitrogens with one attached hydrogen (secondary N) is 1. The van der Waals surface area contributed by atoms with Gasteiger partial charge in [-0.15, -0.1) is 0 Å². The van der Waals surface area contributed by atoms with Gasteiger partial charge in [0.25, 0.3) is 0 Å². The summed E-state index contributed by atoms with van der Waals surface area (Å²) in [5, 5.41) is 5.09. The molecule has 1 N–H and O–H groups in total. The molecule has 5 heteroatoms. The molecule has 0 atom stereocenters. The Morgan fingerprint density at radius 2 is 2.09 bits per heavy atom. The first-order valence-electron chi connectivity index (χ1n) is 7.82. The minimum absolute atomic E-state index is 0.623. The lowest BCUT2D eigenvalue weighted by Gasteiger charge is -2.27. The Morgan fingerprint density at radius 1 is 1.27 bits per heavy atom. The molecule has 1 aliphatic heterocycles. The summed E-state index contributed by atoms with van der Waals surface area (Å²) in [5.41, 5.74) is 2.04. The van der Waals surface area contributed by atoms with Gasteiger partial charge in [-0.2, -0.15) is 0 Å². The number of piperazine rings is 1. The summed E-state index contributed by atoms with van der Waals surface area (Å²) in [6, 6.07) is 8.02. The van der Waals surface area contributed by atoms with Crippen LogP contribution in [-0.4, -0.2) is 49.7 Å². The van der Waals surface area contributed by atoms with E-state index in [9.17, 15) is 0 Å². The predicted molar refractivity (Wildman–Crippen MR) is 90.9 cm³/mol. The summed E-state index contributed by atoms with van der Waals surface area (Å²) in [6.07, 6.45) is 2.07. The standard InChI is InChI=1S/C17H22ClN3O/c1-22-15-4-5-16-14(12-15)11-13(17(18)20-16)3-2-8-21-9-6-19-7-10-21/h4-5,11-12,19H,2-3,6-10H2,1H3. The molecule has 118 valence electrons. The van der Waals surface area contributed by atoms with E-state index in [1.165, 1.54) is 0 Å². The van der Waals surface area contributed by atoms with Gasteiger partial charge in [0.2, 0.25) is 0 Å². The van der Waals surface area contributed by atoms with Crippen molar-refractivity contribution in [2.45, 2.75) is 12.8 Å². The van der Waals surface area contributed by atoms with E-state index >= 15 is 0 Å². The molecule has 2 aromatic rings. The van der Waals surface area contributed by atoms with Crippen LogP contribution in [0.3, 0.4) is 0 Å². The van der Waals surface area contributed by atoms with E-state index in [0.29, 0.717) is 5.15 Å². The highest BCUT2D eigenvalue weighted by Gasteiger charge is 2.10. The Morgan fingerprint density at radius 3 is 2.86 bits per heavy atom. The van der Waals surface area contributed by atoms with Gasteiger partial charge in [0.05, 0.1) is 12.6 Å². The molecule has 3 rings (SSSR count). The summed E-state index contributed by atoms with van der Waals surface area (Å²) in [7, 11) is 1.68. The first-order valence-corrected chi connectivity index (χ1v) is 8.20. The van der Waals surface area contributed by atoms with Crippen molar-refractivity contribution in [3.63, 3.8) is 0 Å². The monoisotopic (exact) mass is 319 g/mol. The quantitative estimate of drug-likeness (QED) is 0.860. The van der Waals surface area contributed by atoms with Gasteiger partial charge in [-0.25, -0.2) is 4.98 Å². The lowest BCUT2D eigenvalue weighted by molar-refractivity contribution is 0.238. The van der Waals surface area contributed by atoms with Crippen molar-refractivity contribution < 1.29 is 4.74 Å². The molecule has 2 heterocycles. The molecule has 4 nitrogen and oxygen atoms in total. The average molecular weight is 320 g/mol. The molecule has 1 aromatic heterocycles. The second-order valence-electron chi connectivity index (χ2n) is 5.69. The minimum atomic E-state index is 0.623. The SMILES string of the molecule is COc1ccc2nc(Cl)c(CCCN3CCNCC3)cc2c1. The fraction of sp³-hybridized carbons (Fsp3) is 0.471. The first-order chi connectivity index (χ1) is 10.8. The second-order valence-corrected chi connectivity index (χ2v) is 6.05. The van der Waals surface area contributed by atoms with Crippen LogP contribution in [0.2, 0.25) is 5.15 Å². The van der Waals surface area contributed by atoms with Crippen LogP contribution >= 0.6 is 11.6 Å². The summed E-state index contributed by atoms with van der Waals surface area (Å²) in [4.78, 5) is 7.00. The largest absolute Gasteiger partial charge is 0.497 e. The maximum absolute atomic E-state index is 6.33. The van der Waals surface area contributed by atoms with Crippen molar-refractivity contribution in [3.05, 3.63) is 35.0 Å². The van der Waals surface area contributed by atoms with E-state index in [-0.39, 0.29) is 0 Å². The van der Waals surface area contributed by atoms with Crippen LogP contribution in [-0.2, 0) is 6.42 Å². The number of pyridine rings is 1. The smallest absolute Gasteiger partial charge is 0.132 e.